The highest BCUT2D eigenvalue weighted by Gasteiger charge is 2.15. The molecule has 0 spiro atoms. The molecule has 0 radical (unpaired) electrons. The van der Waals surface area contributed by atoms with Gasteiger partial charge in [0.15, 0.2) is 0 Å². The van der Waals surface area contributed by atoms with Gasteiger partial charge in [-0.25, -0.2) is 9.97 Å². The zero-order chi connectivity index (χ0) is 13.1. The van der Waals surface area contributed by atoms with Crippen LogP contribution in [0, 0.1) is 0 Å². The van der Waals surface area contributed by atoms with Crippen LogP contribution in [0.25, 0.3) is 0 Å². The predicted octanol–water partition coefficient (Wildman–Crippen LogP) is 3.69. The van der Waals surface area contributed by atoms with Crippen LogP contribution in [0.3, 0.4) is 0 Å². The van der Waals surface area contributed by atoms with E-state index in [2.05, 4.69) is 15.3 Å². The number of carbonyl (C=O) groups excluding carboxylic acids is 1. The molecular weight excluding hydrogens is 296 g/mol. The molecule has 0 aliphatic heterocycles. The summed E-state index contributed by atoms with van der Waals surface area (Å²) in [6.07, 6.45) is 1.24. The molecule has 1 aromatic carbocycles. The Hall–Kier alpha value is -1.36. The van der Waals surface area contributed by atoms with Crippen LogP contribution in [-0.4, -0.2) is 15.9 Å². The third kappa shape index (κ3) is 2.90. The molecule has 92 valence electrons. The Labute approximate surface area is 118 Å². The van der Waals surface area contributed by atoms with E-state index < -0.39 is 5.91 Å². The number of benzene rings is 1. The summed E-state index contributed by atoms with van der Waals surface area (Å²) < 4.78 is 0. The molecule has 2 aromatic rings. The van der Waals surface area contributed by atoms with E-state index in [0.717, 1.165) is 0 Å². The maximum Gasteiger partial charge on any atom is 0.259 e. The van der Waals surface area contributed by atoms with Crippen LogP contribution in [0.5, 0.6) is 0 Å². The van der Waals surface area contributed by atoms with Crippen molar-refractivity contribution in [2.24, 2.45) is 0 Å². The van der Waals surface area contributed by atoms with Crippen molar-refractivity contribution in [3.63, 3.8) is 0 Å². The van der Waals surface area contributed by atoms with E-state index in [1.807, 2.05) is 0 Å². The monoisotopic (exact) mass is 301 g/mol. The van der Waals surface area contributed by atoms with Crippen LogP contribution < -0.4 is 5.32 Å². The van der Waals surface area contributed by atoms with Crippen LogP contribution in [0.4, 0.5) is 5.82 Å². The van der Waals surface area contributed by atoms with Gasteiger partial charge >= 0.3 is 0 Å². The van der Waals surface area contributed by atoms with Gasteiger partial charge in [-0.1, -0.05) is 40.9 Å². The maximum atomic E-state index is 12.0. The van der Waals surface area contributed by atoms with E-state index in [4.69, 9.17) is 34.8 Å². The quantitative estimate of drug-likeness (QED) is 0.861. The summed E-state index contributed by atoms with van der Waals surface area (Å²) in [6.45, 7) is 0. The van der Waals surface area contributed by atoms with Crippen molar-refractivity contribution in [1.82, 2.24) is 9.97 Å². The van der Waals surface area contributed by atoms with Crippen molar-refractivity contribution >= 4 is 46.5 Å². The molecule has 0 unspecified atom stereocenters. The number of hydrogen-bond acceptors (Lipinski definition) is 3. The van der Waals surface area contributed by atoms with Gasteiger partial charge in [0.25, 0.3) is 5.91 Å². The number of aromatic nitrogens is 2. The lowest BCUT2D eigenvalue weighted by atomic mass is 10.2. The minimum absolute atomic E-state index is 0.190. The van der Waals surface area contributed by atoms with E-state index in [0.29, 0.717) is 0 Å². The van der Waals surface area contributed by atoms with Crippen molar-refractivity contribution in [2.45, 2.75) is 0 Å². The summed E-state index contributed by atoms with van der Waals surface area (Å²) in [5.74, 6) is -0.184. The first-order valence-electron chi connectivity index (χ1n) is 4.81. The molecule has 1 aromatic heterocycles. The lowest BCUT2D eigenvalue weighted by Gasteiger charge is -2.07. The fraction of sp³-hybridized carbons (Fsp3) is 0. The van der Waals surface area contributed by atoms with E-state index in [1.54, 1.807) is 18.2 Å². The molecule has 1 amide bonds. The molecule has 0 saturated carbocycles. The van der Waals surface area contributed by atoms with Gasteiger partial charge in [0.1, 0.15) is 17.3 Å². The molecule has 0 aliphatic carbocycles. The third-order valence-corrected chi connectivity index (χ3v) is 2.90. The molecule has 0 fully saturated rings. The van der Waals surface area contributed by atoms with Gasteiger partial charge in [-0.15, -0.1) is 0 Å². The highest BCUT2D eigenvalue weighted by Crippen LogP contribution is 2.25. The van der Waals surface area contributed by atoms with Gasteiger partial charge in [0, 0.05) is 6.07 Å². The van der Waals surface area contributed by atoms with Crippen molar-refractivity contribution in [1.29, 1.82) is 0 Å². The number of nitrogens with one attached hydrogen (secondary N) is 1. The Morgan fingerprint density at radius 2 is 1.78 bits per heavy atom. The SMILES string of the molecule is O=C(Nc1cc(Cl)ncn1)c1c(Cl)cccc1Cl. The summed E-state index contributed by atoms with van der Waals surface area (Å²) in [5.41, 5.74) is 0.190. The third-order valence-electron chi connectivity index (χ3n) is 2.07. The van der Waals surface area contributed by atoms with Crippen molar-refractivity contribution < 1.29 is 4.79 Å². The number of halogens is 3. The Balaban J connectivity index is 2.28. The summed E-state index contributed by atoms with van der Waals surface area (Å²) >= 11 is 17.5. The van der Waals surface area contributed by atoms with Crippen molar-refractivity contribution in [3.8, 4) is 0 Å². The molecule has 18 heavy (non-hydrogen) atoms. The summed E-state index contributed by atoms with van der Waals surface area (Å²) in [7, 11) is 0. The Morgan fingerprint density at radius 3 is 2.39 bits per heavy atom. The molecule has 1 heterocycles. The number of carbonyl (C=O) groups is 1. The molecular formula is C11H6Cl3N3O. The average Bonchev–Trinajstić information content (AvgIpc) is 2.28. The Kier molecular flexibility index (Phi) is 4.01. The number of rotatable bonds is 2. The average molecular weight is 303 g/mol. The van der Waals surface area contributed by atoms with Gasteiger partial charge in [-0.3, -0.25) is 4.79 Å². The molecule has 0 aliphatic rings. The smallest absolute Gasteiger partial charge is 0.259 e. The lowest BCUT2D eigenvalue weighted by molar-refractivity contribution is 0.102. The Morgan fingerprint density at radius 1 is 1.11 bits per heavy atom. The van der Waals surface area contributed by atoms with Crippen LogP contribution in [0.2, 0.25) is 15.2 Å². The first-order chi connectivity index (χ1) is 8.58. The second-order valence-electron chi connectivity index (χ2n) is 3.28. The second kappa shape index (κ2) is 5.52. The van der Waals surface area contributed by atoms with E-state index in [9.17, 15) is 4.79 Å². The maximum absolute atomic E-state index is 12.0. The Bertz CT molecular complexity index is 584. The highest BCUT2D eigenvalue weighted by atomic mass is 35.5. The highest BCUT2D eigenvalue weighted by molar-refractivity contribution is 6.40. The molecule has 4 nitrogen and oxygen atoms in total. The molecule has 2 rings (SSSR count). The minimum atomic E-state index is -0.458. The fourth-order valence-electron chi connectivity index (χ4n) is 1.30. The number of nitrogens with zero attached hydrogens (tertiary/aromatic N) is 2. The minimum Gasteiger partial charge on any atom is -0.306 e. The summed E-state index contributed by atoms with van der Waals surface area (Å²) in [5, 5.41) is 3.29. The van der Waals surface area contributed by atoms with Crippen molar-refractivity contribution in [2.75, 3.05) is 5.32 Å². The lowest BCUT2D eigenvalue weighted by Crippen LogP contribution is -2.14. The standard InChI is InChI=1S/C11H6Cl3N3O/c12-6-2-1-3-7(13)10(6)11(18)17-9-4-8(14)15-5-16-9/h1-5H,(H,15,16,17,18). The number of hydrogen-bond donors (Lipinski definition) is 1. The van der Waals surface area contributed by atoms with Gasteiger partial charge in [-0.05, 0) is 12.1 Å². The van der Waals surface area contributed by atoms with Gasteiger partial charge in [0.2, 0.25) is 0 Å². The van der Waals surface area contributed by atoms with Gasteiger partial charge < -0.3 is 5.32 Å². The topological polar surface area (TPSA) is 54.9 Å². The molecule has 0 atom stereocenters. The summed E-state index contributed by atoms with van der Waals surface area (Å²) in [4.78, 5) is 19.5. The second-order valence-corrected chi connectivity index (χ2v) is 4.48. The molecule has 1 N–H and O–H groups in total. The van der Waals surface area contributed by atoms with E-state index in [1.165, 1.54) is 12.4 Å². The van der Waals surface area contributed by atoms with E-state index >= 15 is 0 Å². The fourth-order valence-corrected chi connectivity index (χ4v) is 2.01. The number of amides is 1. The summed E-state index contributed by atoms with van der Waals surface area (Å²) in [6, 6.07) is 6.23. The molecule has 0 saturated heterocycles. The number of anilines is 1. The van der Waals surface area contributed by atoms with Gasteiger partial charge in [0.05, 0.1) is 15.6 Å². The zero-order valence-electron chi connectivity index (χ0n) is 8.82. The predicted molar refractivity (Wildman–Crippen MR) is 71.5 cm³/mol. The largest absolute Gasteiger partial charge is 0.306 e. The van der Waals surface area contributed by atoms with E-state index in [-0.39, 0.29) is 26.6 Å². The van der Waals surface area contributed by atoms with Crippen molar-refractivity contribution in [3.05, 3.63) is 51.4 Å². The normalized spacial score (nSPS) is 10.2. The van der Waals surface area contributed by atoms with Crippen LogP contribution >= 0.6 is 34.8 Å². The zero-order valence-corrected chi connectivity index (χ0v) is 11.1. The van der Waals surface area contributed by atoms with Crippen LogP contribution in [0.1, 0.15) is 10.4 Å². The molecule has 0 bridgehead atoms. The van der Waals surface area contributed by atoms with Crippen LogP contribution in [0.15, 0.2) is 30.6 Å². The molecule has 7 heteroatoms. The van der Waals surface area contributed by atoms with Crippen LogP contribution in [-0.2, 0) is 0 Å². The van der Waals surface area contributed by atoms with Gasteiger partial charge in [-0.2, -0.15) is 0 Å². The first-order valence-corrected chi connectivity index (χ1v) is 5.94. The first kappa shape index (κ1) is 13.1.